The molecule has 7 heteroatoms. The molecule has 0 amide bonds. The predicted molar refractivity (Wildman–Crippen MR) is 124 cm³/mol. The Bertz CT molecular complexity index is 1170. The van der Waals surface area contributed by atoms with E-state index < -0.39 is 9.84 Å². The lowest BCUT2D eigenvalue weighted by Crippen LogP contribution is -2.48. The number of rotatable bonds is 5. The average molecular weight is 455 g/mol. The number of aromatic nitrogens is 1. The third kappa shape index (κ3) is 4.68. The first kappa shape index (κ1) is 20.7. The van der Waals surface area contributed by atoms with Crippen LogP contribution in [-0.2, 0) is 27.8 Å². The van der Waals surface area contributed by atoms with Crippen LogP contribution < -0.4 is 10.1 Å². The molecule has 2 aromatic carbocycles. The van der Waals surface area contributed by atoms with Crippen molar-refractivity contribution in [2.75, 3.05) is 13.1 Å². The van der Waals surface area contributed by atoms with E-state index >= 15 is 0 Å². The maximum Gasteiger partial charge on any atom is 0.160 e. The Kier molecular flexibility index (Phi) is 5.58. The molecule has 0 bridgehead atoms. The fourth-order valence-corrected chi connectivity index (χ4v) is 7.22. The van der Waals surface area contributed by atoms with Gasteiger partial charge in [-0.1, -0.05) is 30.3 Å². The second-order valence-electron chi connectivity index (χ2n) is 8.49. The van der Waals surface area contributed by atoms with Crippen molar-refractivity contribution in [3.05, 3.63) is 70.9 Å². The summed E-state index contributed by atoms with van der Waals surface area (Å²) < 4.78 is 31.6. The second kappa shape index (κ2) is 8.37. The number of ether oxygens (including phenoxy) is 1. The van der Waals surface area contributed by atoms with Crippen molar-refractivity contribution < 1.29 is 13.2 Å². The van der Waals surface area contributed by atoms with Crippen LogP contribution in [0.4, 0.5) is 0 Å². The second-order valence-corrected chi connectivity index (χ2v) is 11.7. The zero-order valence-corrected chi connectivity index (χ0v) is 19.0. The summed E-state index contributed by atoms with van der Waals surface area (Å²) >= 11 is 1.46. The van der Waals surface area contributed by atoms with Crippen molar-refractivity contribution in [3.8, 4) is 16.2 Å². The van der Waals surface area contributed by atoms with Gasteiger partial charge in [-0.05, 0) is 73.7 Å². The molecule has 1 fully saturated rings. The molecule has 2 aliphatic heterocycles. The fourth-order valence-electron chi connectivity index (χ4n) is 4.49. The predicted octanol–water partition coefficient (Wildman–Crippen LogP) is 4.37. The molecule has 1 aromatic heterocycles. The minimum Gasteiger partial charge on any atom is -0.487 e. The van der Waals surface area contributed by atoms with Crippen molar-refractivity contribution >= 4 is 21.2 Å². The van der Waals surface area contributed by atoms with Crippen LogP contribution in [0.25, 0.3) is 10.4 Å². The molecule has 31 heavy (non-hydrogen) atoms. The molecule has 1 N–H and O–H groups in total. The van der Waals surface area contributed by atoms with E-state index in [-0.39, 0.29) is 17.1 Å². The number of fused-ring (bicyclic) bond motifs is 1. The Morgan fingerprint density at radius 1 is 1.03 bits per heavy atom. The molecular weight excluding hydrogens is 428 g/mol. The SMILES string of the molecule is O=S(=O)(Cc1ccccc1)Cc1ncc(-c2ccc3c(c2)CCC2(CCNCC2)O3)s1. The minimum absolute atomic E-state index is 0.00939. The summed E-state index contributed by atoms with van der Waals surface area (Å²) in [5.41, 5.74) is 3.10. The Hall–Kier alpha value is -2.22. The summed E-state index contributed by atoms with van der Waals surface area (Å²) in [5, 5.41) is 4.05. The highest BCUT2D eigenvalue weighted by atomic mass is 32.2. The van der Waals surface area contributed by atoms with Crippen molar-refractivity contribution in [2.45, 2.75) is 42.8 Å². The van der Waals surface area contributed by atoms with Crippen LogP contribution >= 0.6 is 11.3 Å². The highest BCUT2D eigenvalue weighted by Gasteiger charge is 2.37. The van der Waals surface area contributed by atoms with Gasteiger partial charge in [0.05, 0.1) is 10.6 Å². The summed E-state index contributed by atoms with van der Waals surface area (Å²) in [7, 11) is -3.26. The number of nitrogens with zero attached hydrogens (tertiary/aromatic N) is 1. The highest BCUT2D eigenvalue weighted by Crippen LogP contribution is 2.40. The van der Waals surface area contributed by atoms with E-state index in [2.05, 4.69) is 28.5 Å². The van der Waals surface area contributed by atoms with Crippen LogP contribution in [0.2, 0.25) is 0 Å². The van der Waals surface area contributed by atoms with E-state index in [1.165, 1.54) is 16.9 Å². The van der Waals surface area contributed by atoms with Crippen LogP contribution in [0.5, 0.6) is 5.75 Å². The number of hydrogen-bond acceptors (Lipinski definition) is 6. The standard InChI is InChI=1S/C24H26N2O3S2/c27-31(28,16-18-4-2-1-3-5-18)17-23-26-15-22(30-23)20-6-7-21-19(14-20)8-9-24(29-21)10-12-25-13-11-24/h1-7,14-15,25H,8-13,16-17H2. The van der Waals surface area contributed by atoms with Crippen LogP contribution in [0.3, 0.4) is 0 Å². The normalized spacial score (nSPS) is 17.8. The number of thiazole rings is 1. The van der Waals surface area contributed by atoms with Gasteiger partial charge in [-0.15, -0.1) is 11.3 Å². The quantitative estimate of drug-likeness (QED) is 0.620. The molecule has 0 radical (unpaired) electrons. The van der Waals surface area contributed by atoms with Crippen LogP contribution in [0.15, 0.2) is 54.7 Å². The summed E-state index contributed by atoms with van der Waals surface area (Å²) in [6, 6.07) is 15.6. The Morgan fingerprint density at radius 2 is 1.84 bits per heavy atom. The van der Waals surface area contributed by atoms with Gasteiger partial charge < -0.3 is 10.1 Å². The third-order valence-corrected chi connectivity index (χ3v) is 8.88. The lowest BCUT2D eigenvalue weighted by Gasteiger charge is -2.41. The van der Waals surface area contributed by atoms with Gasteiger partial charge in [0.15, 0.2) is 9.84 Å². The first-order chi connectivity index (χ1) is 15.0. The molecule has 1 spiro atoms. The molecule has 3 heterocycles. The van der Waals surface area contributed by atoms with E-state index in [4.69, 9.17) is 4.74 Å². The number of sulfone groups is 1. The summed E-state index contributed by atoms with van der Waals surface area (Å²) in [6.45, 7) is 2.04. The van der Waals surface area contributed by atoms with Crippen LogP contribution in [-0.4, -0.2) is 32.1 Å². The summed E-state index contributed by atoms with van der Waals surface area (Å²) in [6.07, 6.45) is 5.97. The molecule has 0 unspecified atom stereocenters. The molecular formula is C24H26N2O3S2. The van der Waals surface area contributed by atoms with E-state index in [9.17, 15) is 8.42 Å². The maximum absolute atomic E-state index is 12.6. The topological polar surface area (TPSA) is 68.3 Å². The van der Waals surface area contributed by atoms with Gasteiger partial charge in [0.2, 0.25) is 0 Å². The monoisotopic (exact) mass is 454 g/mol. The number of hydrogen-bond donors (Lipinski definition) is 1. The van der Waals surface area contributed by atoms with E-state index in [1.54, 1.807) is 6.20 Å². The lowest BCUT2D eigenvalue weighted by molar-refractivity contribution is 0.0170. The molecule has 5 nitrogen and oxygen atoms in total. The zero-order chi connectivity index (χ0) is 21.3. The van der Waals surface area contributed by atoms with Gasteiger partial charge in [-0.25, -0.2) is 13.4 Å². The van der Waals surface area contributed by atoms with Gasteiger partial charge in [0, 0.05) is 6.20 Å². The lowest BCUT2D eigenvalue weighted by atomic mass is 9.83. The zero-order valence-electron chi connectivity index (χ0n) is 17.3. The fraction of sp³-hybridized carbons (Fsp3) is 0.375. The molecule has 5 rings (SSSR count). The number of piperidine rings is 1. The van der Waals surface area contributed by atoms with Gasteiger partial charge >= 0.3 is 0 Å². The molecule has 2 aliphatic rings. The first-order valence-electron chi connectivity index (χ1n) is 10.7. The number of aryl methyl sites for hydroxylation is 1. The van der Waals surface area contributed by atoms with Crippen molar-refractivity contribution in [1.29, 1.82) is 0 Å². The van der Waals surface area contributed by atoms with E-state index in [1.807, 2.05) is 30.3 Å². The highest BCUT2D eigenvalue weighted by molar-refractivity contribution is 7.90. The van der Waals surface area contributed by atoms with Crippen molar-refractivity contribution in [2.24, 2.45) is 0 Å². The van der Waals surface area contributed by atoms with E-state index in [0.717, 1.165) is 60.5 Å². The minimum atomic E-state index is -3.26. The first-order valence-corrected chi connectivity index (χ1v) is 13.4. The van der Waals surface area contributed by atoms with Crippen LogP contribution in [0.1, 0.15) is 35.4 Å². The number of nitrogens with one attached hydrogen (secondary N) is 1. The third-order valence-electron chi connectivity index (χ3n) is 6.16. The van der Waals surface area contributed by atoms with E-state index in [0.29, 0.717) is 5.01 Å². The maximum atomic E-state index is 12.6. The molecule has 162 valence electrons. The molecule has 1 saturated heterocycles. The Labute approximate surface area is 187 Å². The van der Waals surface area contributed by atoms with Crippen LogP contribution in [0, 0.1) is 0 Å². The smallest absolute Gasteiger partial charge is 0.160 e. The van der Waals surface area contributed by atoms with Crippen molar-refractivity contribution in [1.82, 2.24) is 10.3 Å². The molecule has 0 saturated carbocycles. The van der Waals surface area contributed by atoms with Gasteiger partial charge in [-0.3, -0.25) is 0 Å². The van der Waals surface area contributed by atoms with Gasteiger partial charge in [0.25, 0.3) is 0 Å². The van der Waals surface area contributed by atoms with Crippen molar-refractivity contribution in [3.63, 3.8) is 0 Å². The number of benzene rings is 2. The molecule has 0 aliphatic carbocycles. The largest absolute Gasteiger partial charge is 0.487 e. The molecule has 3 aromatic rings. The Balaban J connectivity index is 1.30. The molecule has 0 atom stereocenters. The summed E-state index contributed by atoms with van der Waals surface area (Å²) in [5.74, 6) is 1.000. The average Bonchev–Trinajstić information content (AvgIpc) is 3.22. The summed E-state index contributed by atoms with van der Waals surface area (Å²) in [4.78, 5) is 5.40. The van der Waals surface area contributed by atoms with Gasteiger partial charge in [0.1, 0.15) is 22.1 Å². The Morgan fingerprint density at radius 3 is 2.65 bits per heavy atom. The van der Waals surface area contributed by atoms with Gasteiger partial charge in [-0.2, -0.15) is 0 Å².